The second-order valence-electron chi connectivity index (χ2n) is 2.83. The molecular formula is C8H6Cl3N3. The number of imidazole rings is 1. The van der Waals surface area contributed by atoms with Crippen molar-refractivity contribution in [3.8, 4) is 0 Å². The van der Waals surface area contributed by atoms with Crippen molar-refractivity contribution in [2.24, 2.45) is 0 Å². The molecule has 74 valence electrons. The standard InChI is InChI=1S/C8H6Cl3N3/c9-8(10,11)7-13-5-3-1-2-4(12)6(5)14-7/h1-3H,12H2,(H,13,14). The number of anilines is 1. The topological polar surface area (TPSA) is 54.7 Å². The van der Waals surface area contributed by atoms with Crippen molar-refractivity contribution in [3.63, 3.8) is 0 Å². The van der Waals surface area contributed by atoms with E-state index in [0.717, 1.165) is 5.52 Å². The van der Waals surface area contributed by atoms with Crippen molar-refractivity contribution >= 4 is 51.5 Å². The average molecular weight is 251 g/mol. The number of aromatic nitrogens is 2. The van der Waals surface area contributed by atoms with E-state index in [4.69, 9.17) is 40.5 Å². The minimum atomic E-state index is -1.55. The third-order valence-electron chi connectivity index (χ3n) is 1.81. The van der Waals surface area contributed by atoms with Gasteiger partial charge in [0.1, 0.15) is 5.52 Å². The Morgan fingerprint density at radius 2 is 2.00 bits per heavy atom. The molecule has 0 aliphatic carbocycles. The minimum Gasteiger partial charge on any atom is -0.397 e. The van der Waals surface area contributed by atoms with Gasteiger partial charge in [-0.15, -0.1) is 0 Å². The Morgan fingerprint density at radius 3 is 2.57 bits per heavy atom. The predicted molar refractivity (Wildman–Crippen MR) is 59.7 cm³/mol. The van der Waals surface area contributed by atoms with E-state index in [0.29, 0.717) is 11.2 Å². The zero-order valence-corrected chi connectivity index (χ0v) is 9.16. The first-order valence-corrected chi connectivity index (χ1v) is 4.93. The molecular weight excluding hydrogens is 244 g/mol. The van der Waals surface area contributed by atoms with Crippen molar-refractivity contribution in [3.05, 3.63) is 24.0 Å². The van der Waals surface area contributed by atoms with Crippen molar-refractivity contribution in [1.29, 1.82) is 0 Å². The molecule has 0 atom stereocenters. The van der Waals surface area contributed by atoms with Crippen LogP contribution in [0.4, 0.5) is 5.69 Å². The van der Waals surface area contributed by atoms with E-state index in [1.165, 1.54) is 0 Å². The normalized spacial score (nSPS) is 12.2. The van der Waals surface area contributed by atoms with Crippen LogP contribution in [0.15, 0.2) is 18.2 Å². The molecule has 1 aromatic heterocycles. The third kappa shape index (κ3) is 1.63. The highest BCUT2D eigenvalue weighted by Crippen LogP contribution is 2.37. The van der Waals surface area contributed by atoms with Gasteiger partial charge in [-0.2, -0.15) is 0 Å². The Kier molecular flexibility index (Phi) is 2.26. The zero-order chi connectivity index (χ0) is 10.3. The van der Waals surface area contributed by atoms with Gasteiger partial charge in [0.05, 0.1) is 11.2 Å². The first kappa shape index (κ1) is 9.90. The summed E-state index contributed by atoms with van der Waals surface area (Å²) in [5, 5.41) is 0. The number of halogens is 3. The second-order valence-corrected chi connectivity index (χ2v) is 5.11. The lowest BCUT2D eigenvalue weighted by atomic mass is 10.3. The van der Waals surface area contributed by atoms with Crippen molar-refractivity contribution in [2.75, 3.05) is 5.73 Å². The fourth-order valence-electron chi connectivity index (χ4n) is 1.19. The van der Waals surface area contributed by atoms with E-state index in [1.807, 2.05) is 6.07 Å². The van der Waals surface area contributed by atoms with Crippen LogP contribution in [0.2, 0.25) is 0 Å². The molecule has 0 spiro atoms. The molecule has 0 unspecified atom stereocenters. The molecule has 0 bridgehead atoms. The summed E-state index contributed by atoms with van der Waals surface area (Å²) in [6.45, 7) is 0. The lowest BCUT2D eigenvalue weighted by molar-refractivity contribution is 1.05. The summed E-state index contributed by atoms with van der Waals surface area (Å²) in [6.07, 6.45) is 0. The monoisotopic (exact) mass is 249 g/mol. The molecule has 0 aliphatic rings. The molecule has 1 aromatic carbocycles. The van der Waals surface area contributed by atoms with Gasteiger partial charge in [0.2, 0.25) is 3.79 Å². The van der Waals surface area contributed by atoms with Crippen LogP contribution in [-0.2, 0) is 3.79 Å². The number of para-hydroxylation sites is 1. The molecule has 0 saturated carbocycles. The number of aromatic amines is 1. The van der Waals surface area contributed by atoms with Crippen LogP contribution in [0.5, 0.6) is 0 Å². The summed E-state index contributed by atoms with van der Waals surface area (Å²) in [5.41, 5.74) is 7.63. The van der Waals surface area contributed by atoms with Crippen LogP contribution >= 0.6 is 34.8 Å². The minimum absolute atomic E-state index is 0.274. The van der Waals surface area contributed by atoms with Crippen LogP contribution in [0.1, 0.15) is 5.82 Å². The molecule has 14 heavy (non-hydrogen) atoms. The van der Waals surface area contributed by atoms with Crippen LogP contribution in [0.25, 0.3) is 11.0 Å². The smallest absolute Gasteiger partial charge is 0.248 e. The van der Waals surface area contributed by atoms with E-state index in [2.05, 4.69) is 9.97 Å². The van der Waals surface area contributed by atoms with E-state index < -0.39 is 3.79 Å². The number of fused-ring (bicyclic) bond motifs is 1. The number of benzene rings is 1. The molecule has 2 aromatic rings. The highest BCUT2D eigenvalue weighted by Gasteiger charge is 2.27. The number of hydrogen-bond donors (Lipinski definition) is 2. The van der Waals surface area contributed by atoms with Crippen molar-refractivity contribution < 1.29 is 0 Å². The summed E-state index contributed by atoms with van der Waals surface area (Å²) in [7, 11) is 0. The van der Waals surface area contributed by atoms with Crippen molar-refractivity contribution in [2.45, 2.75) is 3.79 Å². The van der Waals surface area contributed by atoms with Crippen LogP contribution in [0, 0.1) is 0 Å². The van der Waals surface area contributed by atoms with Gasteiger partial charge in [0.15, 0.2) is 5.82 Å². The van der Waals surface area contributed by atoms with Gasteiger partial charge in [0.25, 0.3) is 0 Å². The lowest BCUT2D eigenvalue weighted by Crippen LogP contribution is -2.02. The number of nitrogens with one attached hydrogen (secondary N) is 1. The van der Waals surface area contributed by atoms with Gasteiger partial charge < -0.3 is 10.7 Å². The number of hydrogen-bond acceptors (Lipinski definition) is 2. The fourth-order valence-corrected chi connectivity index (χ4v) is 1.46. The molecule has 0 amide bonds. The molecule has 0 radical (unpaired) electrons. The molecule has 3 N–H and O–H groups in total. The fraction of sp³-hybridized carbons (Fsp3) is 0.125. The summed E-state index contributed by atoms with van der Waals surface area (Å²) in [4.78, 5) is 7.00. The Balaban J connectivity index is 2.69. The van der Waals surface area contributed by atoms with Gasteiger partial charge in [-0.1, -0.05) is 40.9 Å². The average Bonchev–Trinajstić information content (AvgIpc) is 2.48. The molecule has 2 rings (SSSR count). The lowest BCUT2D eigenvalue weighted by Gasteiger charge is -2.04. The van der Waals surface area contributed by atoms with E-state index in [9.17, 15) is 0 Å². The first-order valence-electron chi connectivity index (χ1n) is 3.80. The Bertz CT molecular complexity index is 472. The third-order valence-corrected chi connectivity index (χ3v) is 2.35. The van der Waals surface area contributed by atoms with Crippen LogP contribution in [0.3, 0.4) is 0 Å². The molecule has 3 nitrogen and oxygen atoms in total. The molecule has 0 aliphatic heterocycles. The van der Waals surface area contributed by atoms with Gasteiger partial charge in [-0.05, 0) is 12.1 Å². The number of H-pyrrole nitrogens is 1. The largest absolute Gasteiger partial charge is 0.397 e. The van der Waals surface area contributed by atoms with E-state index in [1.54, 1.807) is 12.1 Å². The Labute approximate surface area is 95.2 Å². The van der Waals surface area contributed by atoms with Gasteiger partial charge in [-0.25, -0.2) is 4.98 Å². The SMILES string of the molecule is Nc1cccc2[nH]c(C(Cl)(Cl)Cl)nc12. The number of nitrogen functional groups attached to an aromatic ring is 1. The predicted octanol–water partition coefficient (Wildman–Crippen LogP) is 2.97. The van der Waals surface area contributed by atoms with E-state index in [-0.39, 0.29) is 5.82 Å². The van der Waals surface area contributed by atoms with Crippen LogP contribution < -0.4 is 5.73 Å². The summed E-state index contributed by atoms with van der Waals surface area (Å²) >= 11 is 17.0. The maximum atomic E-state index is 5.70. The molecule has 0 saturated heterocycles. The highest BCUT2D eigenvalue weighted by atomic mass is 35.6. The van der Waals surface area contributed by atoms with E-state index >= 15 is 0 Å². The Morgan fingerprint density at radius 1 is 1.29 bits per heavy atom. The summed E-state index contributed by atoms with van der Waals surface area (Å²) in [6, 6.07) is 5.36. The summed E-state index contributed by atoms with van der Waals surface area (Å²) in [5.74, 6) is 0.274. The number of alkyl halides is 3. The maximum absolute atomic E-state index is 5.70. The quantitative estimate of drug-likeness (QED) is 0.558. The summed E-state index contributed by atoms with van der Waals surface area (Å²) < 4.78 is -1.55. The van der Waals surface area contributed by atoms with Gasteiger partial charge in [0, 0.05) is 0 Å². The number of nitrogens with zero attached hydrogens (tertiary/aromatic N) is 1. The molecule has 1 heterocycles. The first-order chi connectivity index (χ1) is 6.48. The van der Waals surface area contributed by atoms with Crippen molar-refractivity contribution in [1.82, 2.24) is 9.97 Å². The van der Waals surface area contributed by atoms with Gasteiger partial charge in [-0.3, -0.25) is 0 Å². The second kappa shape index (κ2) is 3.19. The molecule has 0 fully saturated rings. The maximum Gasteiger partial charge on any atom is 0.248 e. The number of nitrogens with two attached hydrogens (primary N) is 1. The number of rotatable bonds is 0. The zero-order valence-electron chi connectivity index (χ0n) is 6.89. The van der Waals surface area contributed by atoms with Crippen LogP contribution in [-0.4, -0.2) is 9.97 Å². The highest BCUT2D eigenvalue weighted by molar-refractivity contribution is 6.66. The van der Waals surface area contributed by atoms with Gasteiger partial charge >= 0.3 is 0 Å². The Hall–Kier alpha value is -0.640. The molecule has 6 heteroatoms.